The Hall–Kier alpha value is -7.62. The lowest BCUT2D eigenvalue weighted by molar-refractivity contribution is 0.668. The Morgan fingerprint density at radius 3 is 1.14 bits per heavy atom. The van der Waals surface area contributed by atoms with Crippen molar-refractivity contribution in [1.82, 2.24) is 0 Å². The summed E-state index contributed by atoms with van der Waals surface area (Å²) < 4.78 is 12.3. The first-order valence-electron chi connectivity index (χ1n) is 19.3. The second-order valence-corrected chi connectivity index (χ2v) is 14.5. The van der Waals surface area contributed by atoms with Crippen LogP contribution in [0.2, 0.25) is 0 Å². The predicted octanol–water partition coefficient (Wildman–Crippen LogP) is 15.6. The summed E-state index contributed by atoms with van der Waals surface area (Å²) in [6.45, 7) is 0. The largest absolute Gasteiger partial charge is 0.456 e. The van der Waals surface area contributed by atoms with E-state index in [2.05, 4.69) is 193 Å². The second kappa shape index (κ2) is 13.6. The molecular formula is C54H35NO2. The van der Waals surface area contributed by atoms with E-state index in [0.29, 0.717) is 0 Å². The quantitative estimate of drug-likeness (QED) is 0.164. The fourth-order valence-corrected chi connectivity index (χ4v) is 8.17. The fraction of sp³-hybridized carbons (Fsp3) is 0. The number of hydrogen-bond donors (Lipinski definition) is 0. The van der Waals surface area contributed by atoms with Gasteiger partial charge in [0.15, 0.2) is 0 Å². The summed E-state index contributed by atoms with van der Waals surface area (Å²) in [5.41, 5.74) is 16.2. The van der Waals surface area contributed by atoms with E-state index in [4.69, 9.17) is 8.83 Å². The minimum absolute atomic E-state index is 0.896. The SMILES string of the molecule is c1ccc(-c2ccc(-c3ccc(N(c4ccc(-c5ccc6oc7ccccc7c6c5)cc4)c4cccc(-c5ccc6oc7ccccc7c6c5)c4)cc3)cc2)cc1. The molecule has 268 valence electrons. The fourth-order valence-electron chi connectivity index (χ4n) is 8.17. The van der Waals surface area contributed by atoms with Gasteiger partial charge in [-0.15, -0.1) is 0 Å². The lowest BCUT2D eigenvalue weighted by Gasteiger charge is -2.26. The number of fused-ring (bicyclic) bond motifs is 6. The molecular weight excluding hydrogens is 695 g/mol. The summed E-state index contributed by atoms with van der Waals surface area (Å²) >= 11 is 0. The minimum atomic E-state index is 0.896. The van der Waals surface area contributed by atoms with Gasteiger partial charge in [0.2, 0.25) is 0 Å². The summed E-state index contributed by atoms with van der Waals surface area (Å²) in [6, 6.07) is 75.4. The highest BCUT2D eigenvalue weighted by atomic mass is 16.3. The van der Waals surface area contributed by atoms with Gasteiger partial charge >= 0.3 is 0 Å². The summed E-state index contributed by atoms with van der Waals surface area (Å²) in [7, 11) is 0. The second-order valence-electron chi connectivity index (χ2n) is 14.5. The zero-order valence-electron chi connectivity index (χ0n) is 31.0. The highest BCUT2D eigenvalue weighted by Gasteiger charge is 2.16. The highest BCUT2D eigenvalue weighted by molar-refractivity contribution is 6.07. The highest BCUT2D eigenvalue weighted by Crippen LogP contribution is 2.40. The molecule has 0 radical (unpaired) electrons. The van der Waals surface area contributed by atoms with Crippen LogP contribution in [0.5, 0.6) is 0 Å². The molecule has 3 heteroatoms. The van der Waals surface area contributed by atoms with Crippen molar-refractivity contribution in [1.29, 1.82) is 0 Å². The molecule has 0 unspecified atom stereocenters. The van der Waals surface area contributed by atoms with E-state index in [0.717, 1.165) is 83.2 Å². The van der Waals surface area contributed by atoms with Gasteiger partial charge in [0.1, 0.15) is 22.3 Å². The van der Waals surface area contributed by atoms with Crippen LogP contribution in [0.15, 0.2) is 221 Å². The third-order valence-electron chi connectivity index (χ3n) is 11.1. The van der Waals surface area contributed by atoms with Crippen LogP contribution in [0.3, 0.4) is 0 Å². The molecule has 0 bridgehead atoms. The van der Waals surface area contributed by atoms with Gasteiger partial charge in [-0.25, -0.2) is 0 Å². The Labute approximate surface area is 330 Å². The third-order valence-corrected chi connectivity index (χ3v) is 11.1. The van der Waals surface area contributed by atoms with Crippen molar-refractivity contribution >= 4 is 60.9 Å². The molecule has 0 fully saturated rings. The maximum Gasteiger partial charge on any atom is 0.135 e. The third kappa shape index (κ3) is 5.94. The Bertz CT molecular complexity index is 3210. The molecule has 3 nitrogen and oxygen atoms in total. The van der Waals surface area contributed by atoms with Crippen molar-refractivity contribution in [3.05, 3.63) is 212 Å². The molecule has 57 heavy (non-hydrogen) atoms. The molecule has 0 N–H and O–H groups in total. The Balaban J connectivity index is 0.976. The number of furan rings is 2. The summed E-state index contributed by atoms with van der Waals surface area (Å²) in [6.07, 6.45) is 0. The maximum absolute atomic E-state index is 6.15. The summed E-state index contributed by atoms with van der Waals surface area (Å²) in [5, 5.41) is 4.51. The van der Waals surface area contributed by atoms with Crippen LogP contribution in [-0.2, 0) is 0 Å². The van der Waals surface area contributed by atoms with Gasteiger partial charge < -0.3 is 13.7 Å². The van der Waals surface area contributed by atoms with Crippen molar-refractivity contribution in [2.75, 3.05) is 4.90 Å². The maximum atomic E-state index is 6.15. The van der Waals surface area contributed by atoms with Crippen molar-refractivity contribution in [2.45, 2.75) is 0 Å². The minimum Gasteiger partial charge on any atom is -0.456 e. The van der Waals surface area contributed by atoms with Gasteiger partial charge in [-0.05, 0) is 117 Å². The first kappa shape index (κ1) is 32.8. The molecule has 2 heterocycles. The summed E-state index contributed by atoms with van der Waals surface area (Å²) in [4.78, 5) is 2.34. The Kier molecular flexibility index (Phi) is 7.82. The van der Waals surface area contributed by atoms with E-state index in [9.17, 15) is 0 Å². The van der Waals surface area contributed by atoms with Crippen LogP contribution in [0.1, 0.15) is 0 Å². The number of nitrogens with zero attached hydrogens (tertiary/aromatic N) is 1. The first-order chi connectivity index (χ1) is 28.2. The van der Waals surface area contributed by atoms with Crippen LogP contribution in [0.25, 0.3) is 88.4 Å². The molecule has 0 aliphatic heterocycles. The van der Waals surface area contributed by atoms with Gasteiger partial charge in [-0.3, -0.25) is 0 Å². The molecule has 0 aliphatic rings. The van der Waals surface area contributed by atoms with Gasteiger partial charge in [-0.2, -0.15) is 0 Å². The van der Waals surface area contributed by atoms with Gasteiger partial charge in [0.05, 0.1) is 0 Å². The monoisotopic (exact) mass is 729 g/mol. The van der Waals surface area contributed by atoms with Crippen LogP contribution < -0.4 is 4.90 Å². The van der Waals surface area contributed by atoms with Crippen LogP contribution in [-0.4, -0.2) is 0 Å². The molecule has 0 spiro atoms. The number of hydrogen-bond acceptors (Lipinski definition) is 3. The van der Waals surface area contributed by atoms with E-state index in [1.807, 2.05) is 24.3 Å². The first-order valence-corrected chi connectivity index (χ1v) is 19.3. The zero-order valence-corrected chi connectivity index (χ0v) is 31.0. The molecule has 0 saturated carbocycles. The van der Waals surface area contributed by atoms with Crippen molar-refractivity contribution < 1.29 is 8.83 Å². The number of para-hydroxylation sites is 2. The van der Waals surface area contributed by atoms with Gasteiger partial charge in [0.25, 0.3) is 0 Å². The number of benzene rings is 9. The van der Waals surface area contributed by atoms with Crippen molar-refractivity contribution in [2.24, 2.45) is 0 Å². The predicted molar refractivity (Wildman–Crippen MR) is 237 cm³/mol. The molecule has 9 aromatic carbocycles. The smallest absolute Gasteiger partial charge is 0.135 e. The molecule has 0 saturated heterocycles. The number of anilines is 3. The molecule has 11 aromatic rings. The average Bonchev–Trinajstić information content (AvgIpc) is 3.85. The van der Waals surface area contributed by atoms with Crippen LogP contribution in [0.4, 0.5) is 17.1 Å². The standard InChI is InChI=1S/C54H35NO2/c1-2-9-36(10-3-1)37-17-19-38(20-18-37)39-21-27-44(28-22-39)55(45-29-23-40(24-30-45)42-25-31-53-49(34-42)47-13-4-6-15-51(47)56-53)46-12-8-11-41(33-46)43-26-32-54-50(35-43)48-14-5-7-16-52(48)57-54/h1-35H. The van der Waals surface area contributed by atoms with E-state index < -0.39 is 0 Å². The van der Waals surface area contributed by atoms with Gasteiger partial charge in [0, 0.05) is 38.6 Å². The zero-order chi connectivity index (χ0) is 37.7. The van der Waals surface area contributed by atoms with E-state index in [1.165, 1.54) is 22.3 Å². The van der Waals surface area contributed by atoms with Crippen molar-refractivity contribution in [3.63, 3.8) is 0 Å². The molecule has 0 amide bonds. The molecule has 2 aromatic heterocycles. The lowest BCUT2D eigenvalue weighted by atomic mass is 9.99. The number of rotatable bonds is 7. The van der Waals surface area contributed by atoms with E-state index in [1.54, 1.807) is 0 Å². The molecule has 0 aliphatic carbocycles. The van der Waals surface area contributed by atoms with Crippen LogP contribution in [0, 0.1) is 0 Å². The summed E-state index contributed by atoms with van der Waals surface area (Å²) in [5.74, 6) is 0. The molecule has 11 rings (SSSR count). The normalized spacial score (nSPS) is 11.5. The van der Waals surface area contributed by atoms with E-state index >= 15 is 0 Å². The van der Waals surface area contributed by atoms with Gasteiger partial charge in [-0.1, -0.05) is 140 Å². The Morgan fingerprint density at radius 1 is 0.228 bits per heavy atom. The van der Waals surface area contributed by atoms with Crippen LogP contribution >= 0.6 is 0 Å². The average molecular weight is 730 g/mol. The molecule has 0 atom stereocenters. The lowest BCUT2D eigenvalue weighted by Crippen LogP contribution is -2.10. The van der Waals surface area contributed by atoms with E-state index in [-0.39, 0.29) is 0 Å². The Morgan fingerprint density at radius 2 is 0.596 bits per heavy atom. The van der Waals surface area contributed by atoms with Crippen molar-refractivity contribution in [3.8, 4) is 44.5 Å². The topological polar surface area (TPSA) is 29.5 Å².